The van der Waals surface area contributed by atoms with Crippen LogP contribution in [0.3, 0.4) is 0 Å². The van der Waals surface area contributed by atoms with E-state index in [1.54, 1.807) is 36.4 Å². The summed E-state index contributed by atoms with van der Waals surface area (Å²) in [7, 11) is 2.81. The molecule has 6 nitrogen and oxygen atoms in total. The molecule has 0 bridgehead atoms. The molecule has 0 aliphatic heterocycles. The summed E-state index contributed by atoms with van der Waals surface area (Å²) >= 11 is 6.04. The van der Waals surface area contributed by atoms with Crippen molar-refractivity contribution in [2.45, 2.75) is 6.92 Å². The highest BCUT2D eigenvalue weighted by Crippen LogP contribution is 2.30. The first-order valence-electron chi connectivity index (χ1n) is 7.39. The van der Waals surface area contributed by atoms with E-state index in [-0.39, 0.29) is 12.5 Å². The molecule has 0 aromatic heterocycles. The first kappa shape index (κ1) is 18.6. The largest absolute Gasteiger partial charge is 0.495 e. The number of nitrogens with one attached hydrogen (secondary N) is 1. The van der Waals surface area contributed by atoms with Crippen LogP contribution in [0.1, 0.15) is 15.9 Å². The van der Waals surface area contributed by atoms with Crippen LogP contribution in [0.5, 0.6) is 11.5 Å². The van der Waals surface area contributed by atoms with E-state index < -0.39 is 5.97 Å². The predicted molar refractivity (Wildman–Crippen MR) is 94.6 cm³/mol. The molecule has 2 aromatic rings. The van der Waals surface area contributed by atoms with Crippen molar-refractivity contribution in [1.82, 2.24) is 0 Å². The van der Waals surface area contributed by atoms with Crippen LogP contribution in [0.4, 0.5) is 5.69 Å². The third kappa shape index (κ3) is 4.87. The molecular formula is C18H18ClNO5. The average Bonchev–Trinajstić information content (AvgIpc) is 2.62. The molecule has 0 aliphatic carbocycles. The Kier molecular flexibility index (Phi) is 6.25. The van der Waals surface area contributed by atoms with Gasteiger partial charge in [-0.25, -0.2) is 4.79 Å². The lowest BCUT2D eigenvalue weighted by molar-refractivity contribution is -0.118. The van der Waals surface area contributed by atoms with Gasteiger partial charge in [-0.15, -0.1) is 0 Å². The molecule has 0 unspecified atom stereocenters. The Labute approximate surface area is 150 Å². The van der Waals surface area contributed by atoms with Gasteiger partial charge in [0.2, 0.25) is 0 Å². The molecule has 0 saturated carbocycles. The fourth-order valence-corrected chi connectivity index (χ4v) is 2.22. The van der Waals surface area contributed by atoms with E-state index in [0.717, 1.165) is 5.56 Å². The minimum atomic E-state index is -0.436. The molecule has 0 aliphatic rings. The quantitative estimate of drug-likeness (QED) is 0.795. The van der Waals surface area contributed by atoms with E-state index in [9.17, 15) is 9.59 Å². The zero-order valence-electron chi connectivity index (χ0n) is 14.1. The van der Waals surface area contributed by atoms with Crippen molar-refractivity contribution < 1.29 is 23.8 Å². The maximum absolute atomic E-state index is 12.1. The monoisotopic (exact) mass is 363 g/mol. The molecule has 2 rings (SSSR count). The molecule has 0 atom stereocenters. The summed E-state index contributed by atoms with van der Waals surface area (Å²) in [6, 6.07) is 9.66. The SMILES string of the molecule is COC(=O)c1ccc(OCC(=O)Nc2cc(C)c(Cl)cc2OC)cc1. The van der Waals surface area contributed by atoms with Crippen molar-refractivity contribution in [1.29, 1.82) is 0 Å². The molecular weight excluding hydrogens is 346 g/mol. The summed E-state index contributed by atoms with van der Waals surface area (Å²) in [5.41, 5.74) is 1.73. The van der Waals surface area contributed by atoms with Gasteiger partial charge in [-0.1, -0.05) is 11.6 Å². The Morgan fingerprint density at radius 2 is 1.80 bits per heavy atom. The minimum Gasteiger partial charge on any atom is -0.495 e. The van der Waals surface area contributed by atoms with E-state index in [4.69, 9.17) is 21.1 Å². The van der Waals surface area contributed by atoms with Crippen LogP contribution in [0.2, 0.25) is 5.02 Å². The second kappa shape index (κ2) is 8.39. The van der Waals surface area contributed by atoms with Gasteiger partial charge in [0.25, 0.3) is 5.91 Å². The number of hydrogen-bond donors (Lipinski definition) is 1. The molecule has 132 valence electrons. The predicted octanol–water partition coefficient (Wildman–Crippen LogP) is 3.46. The van der Waals surface area contributed by atoms with E-state index in [0.29, 0.717) is 27.8 Å². The molecule has 2 aromatic carbocycles. The summed E-state index contributed by atoms with van der Waals surface area (Å²) < 4.78 is 15.2. The fourth-order valence-electron chi connectivity index (χ4n) is 2.07. The van der Waals surface area contributed by atoms with Gasteiger partial charge in [0.15, 0.2) is 6.61 Å². The second-order valence-electron chi connectivity index (χ2n) is 5.15. The zero-order valence-corrected chi connectivity index (χ0v) is 14.8. The normalized spacial score (nSPS) is 10.1. The Morgan fingerprint density at radius 3 is 2.40 bits per heavy atom. The number of rotatable bonds is 6. The van der Waals surface area contributed by atoms with E-state index in [2.05, 4.69) is 10.1 Å². The molecule has 0 heterocycles. The number of anilines is 1. The van der Waals surface area contributed by atoms with Crippen molar-refractivity contribution in [3.05, 3.63) is 52.5 Å². The Hall–Kier alpha value is -2.73. The molecule has 7 heteroatoms. The Morgan fingerprint density at radius 1 is 1.12 bits per heavy atom. The molecule has 1 N–H and O–H groups in total. The van der Waals surface area contributed by atoms with Gasteiger partial charge in [0.05, 0.1) is 25.5 Å². The lowest BCUT2D eigenvalue weighted by Gasteiger charge is -2.13. The third-order valence-corrected chi connectivity index (χ3v) is 3.81. The van der Waals surface area contributed by atoms with Crippen LogP contribution >= 0.6 is 11.6 Å². The zero-order chi connectivity index (χ0) is 18.4. The summed E-state index contributed by atoms with van der Waals surface area (Å²) in [6.45, 7) is 1.64. The number of hydrogen-bond acceptors (Lipinski definition) is 5. The maximum Gasteiger partial charge on any atom is 0.337 e. The third-order valence-electron chi connectivity index (χ3n) is 3.40. The number of esters is 1. The number of halogens is 1. The summed E-state index contributed by atoms with van der Waals surface area (Å²) in [4.78, 5) is 23.4. The standard InChI is InChI=1S/C18H18ClNO5/c1-11-8-15(16(23-2)9-14(11)19)20-17(21)10-25-13-6-4-12(5-7-13)18(22)24-3/h4-9H,10H2,1-3H3,(H,20,21). The molecule has 0 fully saturated rings. The number of aryl methyl sites for hydroxylation is 1. The second-order valence-corrected chi connectivity index (χ2v) is 5.56. The Balaban J connectivity index is 1.97. The van der Waals surface area contributed by atoms with Crippen LogP contribution in [0.15, 0.2) is 36.4 Å². The van der Waals surface area contributed by atoms with Gasteiger partial charge in [-0.05, 0) is 42.8 Å². The lowest BCUT2D eigenvalue weighted by atomic mass is 10.2. The number of carbonyl (C=O) groups is 2. The van der Waals surface area contributed by atoms with Gasteiger partial charge >= 0.3 is 5.97 Å². The number of methoxy groups -OCH3 is 2. The maximum atomic E-state index is 12.1. The molecule has 25 heavy (non-hydrogen) atoms. The first-order chi connectivity index (χ1) is 11.9. The van der Waals surface area contributed by atoms with Crippen LogP contribution in [0.25, 0.3) is 0 Å². The van der Waals surface area contributed by atoms with Crippen molar-refractivity contribution in [2.75, 3.05) is 26.1 Å². The number of carbonyl (C=O) groups excluding carboxylic acids is 2. The Bertz CT molecular complexity index is 774. The van der Waals surface area contributed by atoms with Gasteiger partial charge < -0.3 is 19.5 Å². The van der Waals surface area contributed by atoms with Crippen molar-refractivity contribution in [3.8, 4) is 11.5 Å². The summed E-state index contributed by atoms with van der Waals surface area (Å²) in [5, 5.41) is 3.27. The van der Waals surface area contributed by atoms with E-state index in [1.165, 1.54) is 14.2 Å². The topological polar surface area (TPSA) is 73.9 Å². The van der Waals surface area contributed by atoms with Gasteiger partial charge in [0.1, 0.15) is 11.5 Å². The van der Waals surface area contributed by atoms with E-state index >= 15 is 0 Å². The van der Waals surface area contributed by atoms with Gasteiger partial charge in [-0.2, -0.15) is 0 Å². The van der Waals surface area contributed by atoms with E-state index in [1.807, 2.05) is 6.92 Å². The smallest absolute Gasteiger partial charge is 0.337 e. The van der Waals surface area contributed by atoms with Crippen LogP contribution < -0.4 is 14.8 Å². The fraction of sp³-hybridized carbons (Fsp3) is 0.222. The average molecular weight is 364 g/mol. The van der Waals surface area contributed by atoms with Crippen molar-refractivity contribution >= 4 is 29.2 Å². The number of amides is 1. The molecule has 1 amide bonds. The van der Waals surface area contributed by atoms with Crippen molar-refractivity contribution in [3.63, 3.8) is 0 Å². The lowest BCUT2D eigenvalue weighted by Crippen LogP contribution is -2.20. The van der Waals surface area contributed by atoms with Gasteiger partial charge in [-0.3, -0.25) is 4.79 Å². The first-order valence-corrected chi connectivity index (χ1v) is 7.77. The number of benzene rings is 2. The highest BCUT2D eigenvalue weighted by Gasteiger charge is 2.11. The molecule has 0 saturated heterocycles. The highest BCUT2D eigenvalue weighted by atomic mass is 35.5. The number of ether oxygens (including phenoxy) is 3. The molecule has 0 spiro atoms. The van der Waals surface area contributed by atoms with Crippen LogP contribution in [-0.2, 0) is 9.53 Å². The summed E-state index contributed by atoms with van der Waals surface area (Å²) in [6.07, 6.45) is 0. The van der Waals surface area contributed by atoms with Crippen molar-refractivity contribution in [2.24, 2.45) is 0 Å². The summed E-state index contributed by atoms with van der Waals surface area (Å²) in [5.74, 6) is 0.139. The van der Waals surface area contributed by atoms with Gasteiger partial charge in [0, 0.05) is 11.1 Å². The minimum absolute atomic E-state index is 0.192. The van der Waals surface area contributed by atoms with Crippen LogP contribution in [0, 0.1) is 6.92 Å². The molecule has 0 radical (unpaired) electrons. The highest BCUT2D eigenvalue weighted by molar-refractivity contribution is 6.31. The van der Waals surface area contributed by atoms with Crippen LogP contribution in [-0.4, -0.2) is 32.7 Å².